The summed E-state index contributed by atoms with van der Waals surface area (Å²) in [6.07, 6.45) is 26.1. The molecule has 6 rings (SSSR count). The maximum absolute atomic E-state index is 7.10. The van der Waals surface area contributed by atoms with Crippen LogP contribution < -0.4 is 11.5 Å². The molecule has 2 nitrogen and oxygen atoms in total. The summed E-state index contributed by atoms with van der Waals surface area (Å²) < 4.78 is 0. The third-order valence-electron chi connectivity index (χ3n) is 11.6. The summed E-state index contributed by atoms with van der Waals surface area (Å²) in [7, 11) is 0. The molecule has 1 spiro atoms. The van der Waals surface area contributed by atoms with E-state index in [1.807, 2.05) is 40.7 Å². The van der Waals surface area contributed by atoms with Crippen LogP contribution in [0.25, 0.3) is 5.57 Å². The average Bonchev–Trinajstić information content (AvgIpc) is 3.48. The summed E-state index contributed by atoms with van der Waals surface area (Å²) in [5.41, 5.74) is 27.7. The van der Waals surface area contributed by atoms with Crippen LogP contribution in [0, 0.1) is 18.8 Å². The van der Waals surface area contributed by atoms with Crippen molar-refractivity contribution in [3.05, 3.63) is 124 Å². The Bertz CT molecular complexity index is 1520. The van der Waals surface area contributed by atoms with Gasteiger partial charge in [-0.05, 0) is 140 Å². The fraction of sp³-hybridized carbons (Fsp3) is 0.560. The van der Waals surface area contributed by atoms with Crippen LogP contribution in [0.5, 0.6) is 0 Å². The number of rotatable bonds is 9. The van der Waals surface area contributed by atoms with Crippen LogP contribution in [0.3, 0.4) is 0 Å². The van der Waals surface area contributed by atoms with Gasteiger partial charge < -0.3 is 11.5 Å². The first kappa shape index (κ1) is 45.1. The fourth-order valence-corrected chi connectivity index (χ4v) is 9.02. The predicted octanol–water partition coefficient (Wildman–Crippen LogP) is 13.4. The van der Waals surface area contributed by atoms with Crippen LogP contribution >= 0.6 is 0 Å². The van der Waals surface area contributed by atoms with Crippen LogP contribution in [0.4, 0.5) is 0 Å². The van der Waals surface area contributed by atoms with Gasteiger partial charge in [0.25, 0.3) is 0 Å². The van der Waals surface area contributed by atoms with Crippen molar-refractivity contribution in [1.82, 2.24) is 0 Å². The van der Waals surface area contributed by atoms with Crippen molar-refractivity contribution < 1.29 is 0 Å². The Balaban J connectivity index is 0.000000279. The largest absolute Gasteiger partial charge is 0.399 e. The molecular formula is C50H78N2. The van der Waals surface area contributed by atoms with E-state index in [2.05, 4.69) is 90.8 Å². The lowest BCUT2D eigenvalue weighted by atomic mass is 9.61. The predicted molar refractivity (Wildman–Crippen MR) is 234 cm³/mol. The van der Waals surface area contributed by atoms with E-state index in [1.165, 1.54) is 92.0 Å². The van der Waals surface area contributed by atoms with E-state index in [9.17, 15) is 0 Å². The zero-order chi connectivity index (χ0) is 39.1. The molecule has 4 N–H and O–H groups in total. The fourth-order valence-electron chi connectivity index (χ4n) is 9.02. The van der Waals surface area contributed by atoms with E-state index < -0.39 is 0 Å². The molecule has 4 aliphatic carbocycles. The number of unbranched alkanes of at least 4 members (excludes halogenated alkanes) is 3. The molecule has 0 saturated carbocycles. The first-order valence-electron chi connectivity index (χ1n) is 21.1. The number of aryl methyl sites for hydroxylation is 4. The molecule has 4 atom stereocenters. The minimum Gasteiger partial charge on any atom is -0.399 e. The van der Waals surface area contributed by atoms with Crippen molar-refractivity contribution in [2.75, 3.05) is 0 Å². The second kappa shape index (κ2) is 21.6. The zero-order valence-electron chi connectivity index (χ0n) is 35.4. The number of benzene rings is 2. The standard InChI is InChI=1S/C20H27N.C19H28.C7H11N.2C2H6/c1-3-15-7-8-16-6-4-5-10-19-11-9-14(2)12-20(19,21)13-17(15)18(16)19;1-5-7-8-9-10-17-12-18-11-14(3)16(6-2)13-19(18)15(17)4;1-6(2)4-5-7(3)8;2*1-2/h7-9,11,14H,3-6,10,12-13,21H2,1-2H3;11,13,17H,4-10,12H2,1-3H3;4-5H,1,3,8H2,2H3;2*1-2H3/b;;5-4+;;. The lowest BCUT2D eigenvalue weighted by Gasteiger charge is -2.46. The topological polar surface area (TPSA) is 52.0 Å². The normalized spacial score (nSPS) is 23.2. The molecule has 2 heteroatoms. The number of hydrogen-bond donors (Lipinski definition) is 2. The summed E-state index contributed by atoms with van der Waals surface area (Å²) in [6.45, 7) is 32.8. The van der Waals surface area contributed by atoms with Gasteiger partial charge >= 0.3 is 0 Å². The summed E-state index contributed by atoms with van der Waals surface area (Å²) in [4.78, 5) is 0. The Morgan fingerprint density at radius 3 is 2.21 bits per heavy atom. The summed E-state index contributed by atoms with van der Waals surface area (Å²) in [5, 5.41) is 0. The Kier molecular flexibility index (Phi) is 18.7. The minimum absolute atomic E-state index is 0.0478. The Morgan fingerprint density at radius 2 is 1.62 bits per heavy atom. The summed E-state index contributed by atoms with van der Waals surface area (Å²) >= 11 is 0. The van der Waals surface area contributed by atoms with E-state index >= 15 is 0 Å². The van der Waals surface area contributed by atoms with Gasteiger partial charge in [-0.1, -0.05) is 155 Å². The van der Waals surface area contributed by atoms with Gasteiger partial charge in [-0.2, -0.15) is 0 Å². The highest BCUT2D eigenvalue weighted by molar-refractivity contribution is 5.73. The second-order valence-corrected chi connectivity index (χ2v) is 15.5. The van der Waals surface area contributed by atoms with Crippen molar-refractivity contribution in [3.63, 3.8) is 0 Å². The van der Waals surface area contributed by atoms with Gasteiger partial charge in [0.1, 0.15) is 0 Å². The van der Waals surface area contributed by atoms with Crippen molar-refractivity contribution in [2.24, 2.45) is 23.3 Å². The van der Waals surface area contributed by atoms with E-state index in [0.717, 1.165) is 31.3 Å². The number of allylic oxidation sites excluding steroid dienone is 5. The molecule has 0 bridgehead atoms. The molecule has 0 heterocycles. The molecule has 288 valence electrons. The van der Waals surface area contributed by atoms with Crippen molar-refractivity contribution >= 4 is 5.57 Å². The summed E-state index contributed by atoms with van der Waals surface area (Å²) in [6, 6.07) is 9.59. The SMILES string of the molecule is C=C(C)/C=C/C(=C)N.C=C1c2cc(CC)c(C)cc2CC1CCCCCC.CC.CC.CCc1ccc2c3c1CC1(N)CC(C)C=CC31CCCC2. The van der Waals surface area contributed by atoms with Crippen molar-refractivity contribution in [2.45, 2.75) is 170 Å². The molecule has 0 amide bonds. The van der Waals surface area contributed by atoms with Crippen molar-refractivity contribution in [1.29, 1.82) is 0 Å². The van der Waals surface area contributed by atoms with E-state index in [-0.39, 0.29) is 11.0 Å². The van der Waals surface area contributed by atoms with Crippen LogP contribution in [0.15, 0.2) is 79.6 Å². The molecule has 2 aromatic rings. The molecular weight excluding hydrogens is 629 g/mol. The maximum Gasteiger partial charge on any atom is 0.0334 e. The van der Waals surface area contributed by atoms with E-state index in [4.69, 9.17) is 11.5 Å². The molecule has 4 unspecified atom stereocenters. The quantitative estimate of drug-likeness (QED) is 0.155. The van der Waals surface area contributed by atoms with Crippen LogP contribution in [0.1, 0.15) is 165 Å². The Morgan fingerprint density at radius 1 is 0.923 bits per heavy atom. The number of nitrogens with two attached hydrogens (primary N) is 2. The maximum atomic E-state index is 7.10. The molecule has 0 saturated heterocycles. The average molecular weight is 707 g/mol. The monoisotopic (exact) mass is 707 g/mol. The molecule has 52 heavy (non-hydrogen) atoms. The molecule has 0 radical (unpaired) electrons. The highest BCUT2D eigenvalue weighted by atomic mass is 14.8. The lowest BCUT2D eigenvalue weighted by Crippen LogP contribution is -2.57. The highest BCUT2D eigenvalue weighted by Crippen LogP contribution is 2.57. The first-order valence-corrected chi connectivity index (χ1v) is 21.1. The van der Waals surface area contributed by atoms with Gasteiger partial charge in [-0.15, -0.1) is 0 Å². The van der Waals surface area contributed by atoms with E-state index in [0.29, 0.717) is 17.5 Å². The smallest absolute Gasteiger partial charge is 0.0334 e. The zero-order valence-corrected chi connectivity index (χ0v) is 35.4. The molecule has 0 fully saturated rings. The van der Waals surface area contributed by atoms with Gasteiger partial charge in [0.05, 0.1) is 0 Å². The van der Waals surface area contributed by atoms with E-state index in [1.54, 1.807) is 28.3 Å². The number of hydrogen-bond acceptors (Lipinski definition) is 2. The second-order valence-electron chi connectivity index (χ2n) is 15.5. The van der Waals surface area contributed by atoms with Gasteiger partial charge in [0, 0.05) is 16.7 Å². The minimum atomic E-state index is -0.0478. The van der Waals surface area contributed by atoms with Gasteiger partial charge in [-0.25, -0.2) is 0 Å². The highest BCUT2D eigenvalue weighted by Gasteiger charge is 2.57. The van der Waals surface area contributed by atoms with Gasteiger partial charge in [0.2, 0.25) is 0 Å². The number of fused-ring (bicyclic) bond motifs is 1. The van der Waals surface area contributed by atoms with Crippen LogP contribution in [-0.2, 0) is 37.5 Å². The van der Waals surface area contributed by atoms with Crippen LogP contribution in [0.2, 0.25) is 0 Å². The van der Waals surface area contributed by atoms with Gasteiger partial charge in [-0.3, -0.25) is 0 Å². The molecule has 2 aromatic carbocycles. The van der Waals surface area contributed by atoms with Crippen molar-refractivity contribution in [3.8, 4) is 0 Å². The third kappa shape index (κ3) is 10.7. The van der Waals surface area contributed by atoms with Gasteiger partial charge in [0.15, 0.2) is 0 Å². The van der Waals surface area contributed by atoms with Crippen LogP contribution in [-0.4, -0.2) is 5.54 Å². The first-order chi connectivity index (χ1) is 24.9. The molecule has 4 aliphatic rings. The Hall–Kier alpha value is -3.10. The Labute approximate surface area is 322 Å². The molecule has 0 aromatic heterocycles. The lowest BCUT2D eigenvalue weighted by molar-refractivity contribution is 0.221. The third-order valence-corrected chi connectivity index (χ3v) is 11.6. The summed E-state index contributed by atoms with van der Waals surface area (Å²) in [5.74, 6) is 1.32. The molecule has 0 aliphatic heterocycles.